The third kappa shape index (κ3) is 3.88. The number of hydrogen-bond donors (Lipinski definition) is 2. The molecule has 7 nitrogen and oxygen atoms in total. The summed E-state index contributed by atoms with van der Waals surface area (Å²) in [5, 5.41) is 12.9. The first-order valence-corrected chi connectivity index (χ1v) is 11.2. The van der Waals surface area contributed by atoms with Gasteiger partial charge in [-0.15, -0.1) is 0 Å². The highest BCUT2D eigenvalue weighted by Gasteiger charge is 2.52. The number of carbonyl (C=O) groups excluding carboxylic acids is 1. The topological polar surface area (TPSA) is 88.1 Å². The number of benzene rings is 3. The van der Waals surface area contributed by atoms with Crippen LogP contribution in [-0.2, 0) is 16.1 Å². The molecule has 0 spiro atoms. The molecule has 0 radical (unpaired) electrons. The molecule has 3 aromatic rings. The normalized spacial score (nSPS) is 15.7. The largest absolute Gasteiger partial charge is 0.497 e. The molecule has 2 aliphatic rings. The molecule has 34 heavy (non-hydrogen) atoms. The van der Waals surface area contributed by atoms with Crippen molar-refractivity contribution in [1.29, 1.82) is 0 Å². The number of rotatable bonds is 7. The fourth-order valence-corrected chi connectivity index (χ4v) is 4.76. The van der Waals surface area contributed by atoms with Gasteiger partial charge in [-0.1, -0.05) is 60.7 Å². The predicted octanol–water partition coefficient (Wildman–Crippen LogP) is 3.87. The van der Waals surface area contributed by atoms with E-state index in [4.69, 9.17) is 9.47 Å². The van der Waals surface area contributed by atoms with Crippen molar-refractivity contribution in [3.8, 4) is 16.9 Å². The lowest BCUT2D eigenvalue weighted by molar-refractivity contribution is -0.151. The molecule has 174 valence electrons. The summed E-state index contributed by atoms with van der Waals surface area (Å²) in [5.74, 6) is -0.277. The van der Waals surface area contributed by atoms with E-state index in [0.29, 0.717) is 6.54 Å². The molecule has 1 aliphatic carbocycles. The quantitative estimate of drug-likeness (QED) is 0.559. The number of carboxylic acids is 1. The highest BCUT2D eigenvalue weighted by Crippen LogP contribution is 2.44. The van der Waals surface area contributed by atoms with Crippen LogP contribution in [0.25, 0.3) is 11.1 Å². The minimum absolute atomic E-state index is 0.0324. The van der Waals surface area contributed by atoms with Crippen LogP contribution in [0.15, 0.2) is 72.8 Å². The van der Waals surface area contributed by atoms with E-state index in [1.54, 1.807) is 7.11 Å². The van der Waals surface area contributed by atoms with Crippen molar-refractivity contribution in [3.05, 3.63) is 89.5 Å². The van der Waals surface area contributed by atoms with Crippen molar-refractivity contribution in [2.24, 2.45) is 0 Å². The summed E-state index contributed by atoms with van der Waals surface area (Å²) in [5.41, 5.74) is 4.35. The molecule has 0 saturated carbocycles. The van der Waals surface area contributed by atoms with Crippen molar-refractivity contribution in [3.63, 3.8) is 0 Å². The van der Waals surface area contributed by atoms with Crippen LogP contribution in [0.5, 0.6) is 5.75 Å². The monoisotopic (exact) mass is 458 g/mol. The summed E-state index contributed by atoms with van der Waals surface area (Å²) in [6.45, 7) is 0.682. The van der Waals surface area contributed by atoms with Gasteiger partial charge in [-0.25, -0.2) is 4.79 Å². The Kier molecular flexibility index (Phi) is 5.71. The molecular weight excluding hydrogens is 432 g/mol. The second-order valence-electron chi connectivity index (χ2n) is 8.75. The zero-order valence-electron chi connectivity index (χ0n) is 18.9. The van der Waals surface area contributed by atoms with Gasteiger partial charge in [0.2, 0.25) is 0 Å². The molecule has 2 N–H and O–H groups in total. The fraction of sp³-hybridized carbons (Fsp3) is 0.259. The third-order valence-corrected chi connectivity index (χ3v) is 6.72. The summed E-state index contributed by atoms with van der Waals surface area (Å²) in [6, 6.07) is 23.7. The second kappa shape index (κ2) is 8.83. The van der Waals surface area contributed by atoms with Crippen LogP contribution in [-0.4, -0.2) is 54.4 Å². The number of ether oxygens (including phenoxy) is 2. The molecule has 0 atom stereocenters. The fourth-order valence-electron chi connectivity index (χ4n) is 4.76. The maximum atomic E-state index is 12.7. The third-order valence-electron chi connectivity index (χ3n) is 6.72. The van der Waals surface area contributed by atoms with E-state index in [1.165, 1.54) is 4.90 Å². The molecule has 7 heteroatoms. The lowest BCUT2D eigenvalue weighted by Crippen LogP contribution is -2.74. The lowest BCUT2D eigenvalue weighted by Gasteiger charge is -2.46. The van der Waals surface area contributed by atoms with Gasteiger partial charge in [0, 0.05) is 12.5 Å². The van der Waals surface area contributed by atoms with E-state index in [1.807, 2.05) is 48.5 Å². The van der Waals surface area contributed by atoms with Crippen LogP contribution in [0.2, 0.25) is 0 Å². The number of carboxylic acid groups (broad SMARTS) is 1. The van der Waals surface area contributed by atoms with Gasteiger partial charge in [0.1, 0.15) is 12.4 Å². The Labute approximate surface area is 197 Å². The molecule has 1 amide bonds. The molecule has 5 rings (SSSR count). The van der Waals surface area contributed by atoms with Gasteiger partial charge in [0.25, 0.3) is 0 Å². The average Bonchev–Trinajstić information content (AvgIpc) is 3.16. The Morgan fingerprint density at radius 3 is 2.12 bits per heavy atom. The average molecular weight is 459 g/mol. The van der Waals surface area contributed by atoms with Crippen LogP contribution in [0.3, 0.4) is 0 Å². The summed E-state index contributed by atoms with van der Waals surface area (Å²) < 4.78 is 10.8. The highest BCUT2D eigenvalue weighted by atomic mass is 16.6. The maximum absolute atomic E-state index is 12.7. The SMILES string of the molecule is COc1ccc(CNC2(C(=O)O)CN(C(=O)OCC3c4ccccc4-c4ccccc43)C2)cc1. The maximum Gasteiger partial charge on any atom is 0.409 e. The zero-order valence-corrected chi connectivity index (χ0v) is 18.9. The van der Waals surface area contributed by atoms with Crippen LogP contribution < -0.4 is 10.1 Å². The van der Waals surface area contributed by atoms with E-state index < -0.39 is 17.6 Å². The van der Waals surface area contributed by atoms with E-state index in [9.17, 15) is 14.7 Å². The van der Waals surface area contributed by atoms with Gasteiger partial charge in [0.05, 0.1) is 20.2 Å². The first-order valence-electron chi connectivity index (χ1n) is 11.2. The van der Waals surface area contributed by atoms with Crippen LogP contribution in [0.4, 0.5) is 4.79 Å². The minimum Gasteiger partial charge on any atom is -0.497 e. The van der Waals surface area contributed by atoms with Gasteiger partial charge >= 0.3 is 12.1 Å². The number of amides is 1. The molecule has 3 aromatic carbocycles. The number of likely N-dealkylation sites (tertiary alicyclic amines) is 1. The number of hydrogen-bond acceptors (Lipinski definition) is 5. The van der Waals surface area contributed by atoms with Gasteiger partial charge in [-0.05, 0) is 39.9 Å². The number of nitrogens with zero attached hydrogens (tertiary/aromatic N) is 1. The van der Waals surface area contributed by atoms with Crippen LogP contribution in [0.1, 0.15) is 22.6 Å². The number of aliphatic carboxylic acids is 1. The summed E-state index contributed by atoms with van der Waals surface area (Å²) in [6.07, 6.45) is -0.495. The lowest BCUT2D eigenvalue weighted by atomic mass is 9.90. The van der Waals surface area contributed by atoms with Gasteiger partial charge in [0.15, 0.2) is 5.54 Å². The Morgan fingerprint density at radius 2 is 1.56 bits per heavy atom. The number of methoxy groups -OCH3 is 1. The first kappa shape index (κ1) is 22.0. The Hall–Kier alpha value is -3.84. The molecule has 1 saturated heterocycles. The van der Waals surface area contributed by atoms with Crippen molar-refractivity contribution in [1.82, 2.24) is 10.2 Å². The van der Waals surface area contributed by atoms with Crippen molar-refractivity contribution in [2.45, 2.75) is 18.0 Å². The van der Waals surface area contributed by atoms with Gasteiger partial charge < -0.3 is 19.5 Å². The Bertz CT molecular complexity index is 1170. The molecule has 1 aliphatic heterocycles. The number of fused-ring (bicyclic) bond motifs is 3. The predicted molar refractivity (Wildman–Crippen MR) is 127 cm³/mol. The van der Waals surface area contributed by atoms with E-state index in [-0.39, 0.29) is 25.6 Å². The van der Waals surface area contributed by atoms with E-state index in [0.717, 1.165) is 33.6 Å². The summed E-state index contributed by atoms with van der Waals surface area (Å²) >= 11 is 0. The summed E-state index contributed by atoms with van der Waals surface area (Å²) in [7, 11) is 1.60. The summed E-state index contributed by atoms with van der Waals surface area (Å²) in [4.78, 5) is 26.1. The molecular formula is C27H26N2O5. The van der Waals surface area contributed by atoms with E-state index >= 15 is 0 Å². The standard InChI is InChI=1S/C27H26N2O5/c1-33-19-12-10-18(11-13-19)14-28-27(25(30)31)16-29(17-27)26(32)34-15-24-22-8-4-2-6-20(22)21-7-3-5-9-23(21)24/h2-13,24,28H,14-17H2,1H3,(H,30,31). The molecule has 0 unspecified atom stereocenters. The highest BCUT2D eigenvalue weighted by molar-refractivity contribution is 5.84. The van der Waals surface area contributed by atoms with Crippen molar-refractivity contribution < 1.29 is 24.2 Å². The second-order valence-corrected chi connectivity index (χ2v) is 8.75. The molecule has 0 bridgehead atoms. The van der Waals surface area contributed by atoms with Crippen molar-refractivity contribution in [2.75, 3.05) is 26.8 Å². The molecule has 1 fully saturated rings. The van der Waals surface area contributed by atoms with Crippen molar-refractivity contribution >= 4 is 12.1 Å². The Morgan fingerprint density at radius 1 is 0.971 bits per heavy atom. The number of carbonyl (C=O) groups is 2. The minimum atomic E-state index is -1.19. The van der Waals surface area contributed by atoms with E-state index in [2.05, 4.69) is 29.6 Å². The molecule has 0 aromatic heterocycles. The molecule has 1 heterocycles. The number of nitrogens with one attached hydrogen (secondary N) is 1. The van der Waals surface area contributed by atoms with Gasteiger partial charge in [-0.3, -0.25) is 10.1 Å². The first-order chi connectivity index (χ1) is 16.5. The Balaban J connectivity index is 1.20. The van der Waals surface area contributed by atoms with Gasteiger partial charge in [-0.2, -0.15) is 0 Å². The van der Waals surface area contributed by atoms with Crippen LogP contribution in [0, 0.1) is 0 Å². The van der Waals surface area contributed by atoms with Crippen LogP contribution >= 0.6 is 0 Å². The smallest absolute Gasteiger partial charge is 0.409 e. The zero-order chi connectivity index (χ0) is 23.7.